The number of carbonyl (C=O) groups is 2. The highest BCUT2D eigenvalue weighted by Gasteiger charge is 2.50. The predicted octanol–water partition coefficient (Wildman–Crippen LogP) is 4.00. The summed E-state index contributed by atoms with van der Waals surface area (Å²) in [5, 5.41) is 0.748. The number of nitrogens with zero attached hydrogens (tertiary/aromatic N) is 3. The van der Waals surface area contributed by atoms with Gasteiger partial charge in [-0.25, -0.2) is 4.39 Å². The minimum atomic E-state index is -0.676. The molecule has 0 saturated carbocycles. The van der Waals surface area contributed by atoms with Crippen molar-refractivity contribution in [3.05, 3.63) is 94.9 Å². The molecule has 2 fully saturated rings. The molecule has 2 amide bonds. The lowest BCUT2D eigenvalue weighted by atomic mass is 9.85. The van der Waals surface area contributed by atoms with Crippen LogP contribution in [0.4, 0.5) is 4.39 Å². The van der Waals surface area contributed by atoms with Gasteiger partial charge in [0.05, 0.1) is 6.04 Å². The van der Waals surface area contributed by atoms with Crippen LogP contribution < -0.4 is 9.47 Å². The molecule has 8 rings (SSSR count). The Bertz CT molecular complexity index is 1690. The lowest BCUT2D eigenvalue weighted by Crippen LogP contribution is -2.65. The van der Waals surface area contributed by atoms with Crippen molar-refractivity contribution < 1.29 is 23.5 Å². The number of aromatic nitrogens is 1. The van der Waals surface area contributed by atoms with Gasteiger partial charge in [0.1, 0.15) is 18.4 Å². The van der Waals surface area contributed by atoms with E-state index < -0.39 is 12.1 Å². The van der Waals surface area contributed by atoms with Gasteiger partial charge in [-0.05, 0) is 53.4 Å². The van der Waals surface area contributed by atoms with Crippen molar-refractivity contribution in [1.82, 2.24) is 19.7 Å². The predicted molar refractivity (Wildman–Crippen MR) is 149 cm³/mol. The summed E-state index contributed by atoms with van der Waals surface area (Å²) in [6, 6.07) is 19.4. The maximum Gasteiger partial charge on any atom is 0.246 e. The number of rotatable bonds is 4. The highest BCUT2D eigenvalue weighted by atomic mass is 19.1. The number of halogens is 1. The molecule has 0 unspecified atom stereocenters. The van der Waals surface area contributed by atoms with E-state index in [0.29, 0.717) is 17.9 Å². The minimum Gasteiger partial charge on any atom is -0.454 e. The number of fused-ring (bicyclic) bond motifs is 5. The number of amides is 2. The minimum absolute atomic E-state index is 0.0249. The Morgan fingerprint density at radius 3 is 2.71 bits per heavy atom. The summed E-state index contributed by atoms with van der Waals surface area (Å²) < 4.78 is 25.6. The van der Waals surface area contributed by atoms with Gasteiger partial charge >= 0.3 is 0 Å². The summed E-state index contributed by atoms with van der Waals surface area (Å²) in [5.41, 5.74) is 4.52. The summed E-state index contributed by atoms with van der Waals surface area (Å²) in [6.45, 7) is 2.61. The summed E-state index contributed by atoms with van der Waals surface area (Å²) in [5.74, 6) is 0.787. The van der Waals surface area contributed by atoms with Gasteiger partial charge in [0.15, 0.2) is 11.5 Å². The Labute approximate surface area is 236 Å². The second-order valence-corrected chi connectivity index (χ2v) is 11.4. The smallest absolute Gasteiger partial charge is 0.246 e. The van der Waals surface area contributed by atoms with Crippen molar-refractivity contribution >= 4 is 22.7 Å². The Hall–Kier alpha value is -4.37. The quantitative estimate of drug-likeness (QED) is 0.414. The van der Waals surface area contributed by atoms with Gasteiger partial charge in [0, 0.05) is 48.7 Å². The number of hydrogen-bond acceptors (Lipinski definition) is 5. The maximum atomic E-state index is 14.4. The molecule has 0 aliphatic carbocycles. The molecular weight excluding hydrogens is 523 g/mol. The topological polar surface area (TPSA) is 78.1 Å². The fourth-order valence-electron chi connectivity index (χ4n) is 7.10. The Balaban J connectivity index is 1.15. The van der Waals surface area contributed by atoms with Crippen LogP contribution in [0.1, 0.15) is 34.8 Å². The largest absolute Gasteiger partial charge is 0.454 e. The van der Waals surface area contributed by atoms with E-state index in [4.69, 9.17) is 9.47 Å². The van der Waals surface area contributed by atoms with Crippen molar-refractivity contribution in [2.45, 2.75) is 37.5 Å². The number of carbonyl (C=O) groups excluding carboxylic acids is 2. The number of piperazine rings is 1. The lowest BCUT2D eigenvalue weighted by Gasteiger charge is -2.48. The van der Waals surface area contributed by atoms with E-state index in [2.05, 4.69) is 22.0 Å². The van der Waals surface area contributed by atoms with Crippen molar-refractivity contribution in [2.75, 3.05) is 26.4 Å². The van der Waals surface area contributed by atoms with Crippen LogP contribution in [0.2, 0.25) is 0 Å². The SMILES string of the molecule is O=C1[C@H]2Cc3c([nH]c4ccc(F)cc34)[C@@H](c3ccc4c(c3)OCO4)N2C(=O)CN1[C@@H]1CCN(Cc2ccccc2)C1. The molecule has 3 atom stereocenters. The fraction of sp³-hybridized carbons (Fsp3) is 0.312. The molecule has 41 heavy (non-hydrogen) atoms. The number of aromatic amines is 1. The molecule has 9 heteroatoms. The Kier molecular flexibility index (Phi) is 5.57. The van der Waals surface area contributed by atoms with Crippen LogP contribution in [0.15, 0.2) is 66.7 Å². The third-order valence-corrected chi connectivity index (χ3v) is 9.00. The maximum absolute atomic E-state index is 14.4. The molecule has 8 nitrogen and oxygen atoms in total. The molecule has 5 heterocycles. The highest BCUT2D eigenvalue weighted by molar-refractivity contribution is 5.98. The van der Waals surface area contributed by atoms with E-state index in [-0.39, 0.29) is 37.0 Å². The number of nitrogens with one attached hydrogen (secondary N) is 1. The zero-order valence-electron chi connectivity index (χ0n) is 22.4. The fourth-order valence-corrected chi connectivity index (χ4v) is 7.10. The first-order valence-corrected chi connectivity index (χ1v) is 14.1. The van der Waals surface area contributed by atoms with Crippen LogP contribution in [0.25, 0.3) is 10.9 Å². The molecule has 2 saturated heterocycles. The van der Waals surface area contributed by atoms with Crippen molar-refractivity contribution in [2.24, 2.45) is 0 Å². The summed E-state index contributed by atoms with van der Waals surface area (Å²) >= 11 is 0. The van der Waals surface area contributed by atoms with Crippen LogP contribution in [-0.2, 0) is 22.6 Å². The molecule has 1 aromatic heterocycles. The van der Waals surface area contributed by atoms with Crippen LogP contribution >= 0.6 is 0 Å². The summed E-state index contributed by atoms with van der Waals surface area (Å²) in [6.07, 6.45) is 1.16. The highest BCUT2D eigenvalue weighted by Crippen LogP contribution is 2.45. The van der Waals surface area contributed by atoms with Crippen LogP contribution in [0.3, 0.4) is 0 Å². The van der Waals surface area contributed by atoms with Gasteiger partial charge in [0.2, 0.25) is 18.6 Å². The first kappa shape index (κ1) is 24.4. The van der Waals surface area contributed by atoms with E-state index in [1.54, 1.807) is 15.9 Å². The molecule has 0 spiro atoms. The van der Waals surface area contributed by atoms with Gasteiger partial charge in [-0.1, -0.05) is 36.4 Å². The monoisotopic (exact) mass is 552 g/mol. The molecule has 208 valence electrons. The summed E-state index contributed by atoms with van der Waals surface area (Å²) in [4.78, 5) is 37.6. The van der Waals surface area contributed by atoms with E-state index >= 15 is 0 Å². The van der Waals surface area contributed by atoms with Crippen LogP contribution in [0.5, 0.6) is 11.5 Å². The second kappa shape index (κ2) is 9.34. The number of likely N-dealkylation sites (tertiary alicyclic amines) is 1. The van der Waals surface area contributed by atoms with Crippen LogP contribution in [-0.4, -0.2) is 70.0 Å². The Morgan fingerprint density at radius 2 is 1.83 bits per heavy atom. The zero-order chi connectivity index (χ0) is 27.7. The molecule has 4 aliphatic rings. The van der Waals surface area contributed by atoms with E-state index in [1.165, 1.54) is 17.7 Å². The number of H-pyrrole nitrogens is 1. The normalized spacial score (nSPS) is 23.8. The first-order chi connectivity index (χ1) is 20.0. The molecule has 4 aromatic rings. The molecule has 4 aliphatic heterocycles. The number of benzene rings is 3. The Morgan fingerprint density at radius 1 is 0.976 bits per heavy atom. The molecule has 0 bridgehead atoms. The van der Waals surface area contributed by atoms with Crippen molar-refractivity contribution in [3.63, 3.8) is 0 Å². The molecule has 3 aromatic carbocycles. The van der Waals surface area contributed by atoms with E-state index in [1.807, 2.05) is 36.4 Å². The van der Waals surface area contributed by atoms with Gasteiger partial charge in [-0.2, -0.15) is 0 Å². The van der Waals surface area contributed by atoms with Gasteiger partial charge in [0.25, 0.3) is 0 Å². The lowest BCUT2D eigenvalue weighted by molar-refractivity contribution is -0.160. The van der Waals surface area contributed by atoms with Crippen molar-refractivity contribution in [1.29, 1.82) is 0 Å². The number of hydrogen-bond donors (Lipinski definition) is 1. The number of ether oxygens (including phenoxy) is 2. The van der Waals surface area contributed by atoms with Crippen LogP contribution in [0, 0.1) is 5.82 Å². The average Bonchev–Trinajstić information content (AvgIpc) is 3.73. The zero-order valence-corrected chi connectivity index (χ0v) is 22.4. The van der Waals surface area contributed by atoms with E-state index in [0.717, 1.165) is 53.8 Å². The summed E-state index contributed by atoms with van der Waals surface area (Å²) in [7, 11) is 0. The first-order valence-electron chi connectivity index (χ1n) is 14.1. The molecule has 0 radical (unpaired) electrons. The standard InChI is InChI=1S/C32H29FN4O4/c33-21-7-8-25-23(13-21)24-14-26-32(39)36(22-10-11-35(16-22)15-19-4-2-1-3-5-19)17-29(38)37(26)31(30(24)34-25)20-6-9-27-28(12-20)41-18-40-27/h1-9,12-13,22,26,31,34H,10-11,14-18H2/t22-,26-,31-/m1/s1. The van der Waals surface area contributed by atoms with Crippen molar-refractivity contribution in [3.8, 4) is 11.5 Å². The van der Waals surface area contributed by atoms with Gasteiger partial charge in [-0.15, -0.1) is 0 Å². The van der Waals surface area contributed by atoms with Gasteiger partial charge in [-0.3, -0.25) is 14.5 Å². The molecule has 1 N–H and O–H groups in total. The third-order valence-electron chi connectivity index (χ3n) is 9.00. The molecular formula is C32H29FN4O4. The van der Waals surface area contributed by atoms with E-state index in [9.17, 15) is 14.0 Å². The third kappa shape index (κ3) is 3.98. The second-order valence-electron chi connectivity index (χ2n) is 11.4. The van der Waals surface area contributed by atoms with Gasteiger partial charge < -0.3 is 24.3 Å². The average molecular weight is 553 g/mol.